The van der Waals surface area contributed by atoms with Crippen LogP contribution >= 0.6 is 0 Å². The van der Waals surface area contributed by atoms with E-state index in [2.05, 4.69) is 24.3 Å². The fourth-order valence-electron chi connectivity index (χ4n) is 10.5. The van der Waals surface area contributed by atoms with Crippen LogP contribution < -0.4 is 14.2 Å². The summed E-state index contributed by atoms with van der Waals surface area (Å²) in [7, 11) is 4.02. The lowest BCUT2D eigenvalue weighted by Gasteiger charge is -2.27. The molecule has 0 aromatic heterocycles. The predicted molar refractivity (Wildman–Crippen MR) is 308 cm³/mol. The molecule has 13 heteroatoms. The van der Waals surface area contributed by atoms with Gasteiger partial charge in [-0.1, -0.05) is 66.2 Å². The summed E-state index contributed by atoms with van der Waals surface area (Å²) in [6.45, 7) is 17.4. The summed E-state index contributed by atoms with van der Waals surface area (Å²) in [5.74, 6) is 0.194. The number of esters is 3. The molecular formula is C67H74O13. The normalized spacial score (nSPS) is 11.2. The fraction of sp³-hybridized carbons (Fsp3) is 0.328. The lowest BCUT2D eigenvalue weighted by atomic mass is 9.78. The lowest BCUT2D eigenvalue weighted by Crippen LogP contribution is -2.13. The molecule has 0 fully saturated rings. The highest BCUT2D eigenvalue weighted by Crippen LogP contribution is 2.46. The Hall–Kier alpha value is -8.45. The molecule has 0 bridgehead atoms. The van der Waals surface area contributed by atoms with Gasteiger partial charge in [0.1, 0.15) is 40.2 Å². The summed E-state index contributed by atoms with van der Waals surface area (Å²) in [5, 5.41) is 43.5. The van der Waals surface area contributed by atoms with E-state index in [0.29, 0.717) is 52.3 Å². The zero-order valence-electron chi connectivity index (χ0n) is 48.0. The molecule has 0 spiro atoms. The van der Waals surface area contributed by atoms with E-state index in [0.717, 1.165) is 83.5 Å². The third-order valence-corrected chi connectivity index (χ3v) is 14.9. The van der Waals surface area contributed by atoms with Crippen LogP contribution in [0.2, 0.25) is 0 Å². The van der Waals surface area contributed by atoms with E-state index in [-0.39, 0.29) is 62.1 Å². The average molecular weight is 1090 g/mol. The van der Waals surface area contributed by atoms with Crippen LogP contribution in [0.25, 0.3) is 0 Å². The van der Waals surface area contributed by atoms with E-state index in [1.54, 1.807) is 24.3 Å². The van der Waals surface area contributed by atoms with E-state index >= 15 is 0 Å². The van der Waals surface area contributed by atoms with Crippen LogP contribution in [0.1, 0.15) is 137 Å². The number of ether oxygens (including phenoxy) is 6. The maximum absolute atomic E-state index is 12.6. The Kier molecular flexibility index (Phi) is 19.3. The molecule has 7 rings (SSSR count). The first-order valence-corrected chi connectivity index (χ1v) is 26.8. The highest BCUT2D eigenvalue weighted by molar-refractivity contribution is 5.70. The minimum absolute atomic E-state index is 0.00369. The molecule has 0 atom stereocenters. The first kappa shape index (κ1) is 59.2. The number of benzene rings is 7. The maximum Gasteiger partial charge on any atom is 0.308 e. The molecule has 0 amide bonds. The van der Waals surface area contributed by atoms with Gasteiger partial charge in [0.25, 0.3) is 0 Å². The predicted octanol–water partition coefficient (Wildman–Crippen LogP) is 12.7. The van der Waals surface area contributed by atoms with E-state index in [1.165, 1.54) is 21.3 Å². The molecule has 0 saturated carbocycles. The van der Waals surface area contributed by atoms with Crippen LogP contribution in [0.4, 0.5) is 0 Å². The maximum atomic E-state index is 12.6. The van der Waals surface area contributed by atoms with Gasteiger partial charge in [-0.25, -0.2) is 0 Å². The average Bonchev–Trinajstić information content (AvgIpc) is 3.41. The van der Waals surface area contributed by atoms with Crippen LogP contribution in [-0.2, 0) is 41.4 Å². The molecule has 0 aliphatic carbocycles. The van der Waals surface area contributed by atoms with Gasteiger partial charge in [-0.15, -0.1) is 0 Å². The van der Waals surface area contributed by atoms with Gasteiger partial charge in [0.15, 0.2) is 0 Å². The molecule has 0 aliphatic heterocycles. The van der Waals surface area contributed by atoms with Crippen LogP contribution in [-0.4, -0.2) is 79.5 Å². The second kappa shape index (κ2) is 26.0. The highest BCUT2D eigenvalue weighted by Gasteiger charge is 2.29. The van der Waals surface area contributed by atoms with Crippen molar-refractivity contribution in [3.05, 3.63) is 203 Å². The van der Waals surface area contributed by atoms with E-state index < -0.39 is 29.7 Å². The summed E-state index contributed by atoms with van der Waals surface area (Å²) in [6.07, 6.45) is 0.809. The zero-order valence-corrected chi connectivity index (χ0v) is 48.0. The van der Waals surface area contributed by atoms with Gasteiger partial charge < -0.3 is 48.8 Å². The highest BCUT2D eigenvalue weighted by atomic mass is 16.5. The lowest BCUT2D eigenvalue weighted by molar-refractivity contribution is -0.142. The molecule has 7 aromatic rings. The van der Waals surface area contributed by atoms with Crippen molar-refractivity contribution >= 4 is 17.9 Å². The number of carbonyl (C=O) groups is 3. The van der Waals surface area contributed by atoms with Crippen LogP contribution in [0, 0.1) is 62.3 Å². The number of phenolic OH excluding ortho intramolecular Hbond substituents is 4. The van der Waals surface area contributed by atoms with Gasteiger partial charge in [0, 0.05) is 35.8 Å². The number of rotatable bonds is 22. The third kappa shape index (κ3) is 13.9. The Morgan fingerprint density at radius 2 is 0.675 bits per heavy atom. The van der Waals surface area contributed by atoms with Crippen LogP contribution in [0.15, 0.2) is 97.1 Å². The number of aryl methyl sites for hydroxylation is 9. The van der Waals surface area contributed by atoms with Gasteiger partial charge >= 0.3 is 17.9 Å². The zero-order chi connectivity index (χ0) is 58.1. The number of hydrogen-bond donors (Lipinski definition) is 4. The Labute approximate surface area is 469 Å². The second-order valence-electron chi connectivity index (χ2n) is 20.9. The van der Waals surface area contributed by atoms with Gasteiger partial charge in [0.05, 0.1) is 60.4 Å². The third-order valence-electron chi connectivity index (χ3n) is 14.9. The van der Waals surface area contributed by atoms with Crippen molar-refractivity contribution in [2.45, 2.75) is 106 Å². The Bertz CT molecular complexity index is 3120. The van der Waals surface area contributed by atoms with E-state index in [4.69, 9.17) is 28.4 Å². The largest absolute Gasteiger partial charge is 0.508 e. The molecule has 0 radical (unpaired) electrons. The molecule has 7 aromatic carbocycles. The number of hydrogen-bond acceptors (Lipinski definition) is 13. The minimum Gasteiger partial charge on any atom is -0.508 e. The summed E-state index contributed by atoms with van der Waals surface area (Å²) in [5.41, 5.74) is 15.9. The van der Waals surface area contributed by atoms with E-state index in [1.807, 2.05) is 111 Å². The Morgan fingerprint density at radius 1 is 0.375 bits per heavy atom. The standard InChI is InChI=1S/C67H74O13/c1-37-23-48(33-46-13-15-60(78-20-17-62(72)75-10)54(35-46)65(50-25-42(6)56(68)29-38(50)2)51-26-43(7)57(69)30-39(51)3)67(80-22-19-64(74)77-12)49(24-37)34-47-14-16-61(79-21-18-63(73)76-11)55(36-47)66(52-27-44(8)58(70)31-40(52)4)53-28-45(9)59(71)32-41(53)5/h13-16,23-32,35-36,65-66,68-71H,17-22,33-34H2,1-12H3. The van der Waals surface area contributed by atoms with Gasteiger partial charge in [-0.2, -0.15) is 0 Å². The van der Waals surface area contributed by atoms with Gasteiger partial charge in [-0.05, 0) is 188 Å². The fourth-order valence-corrected chi connectivity index (χ4v) is 10.5. The molecule has 4 N–H and O–H groups in total. The molecule has 0 aliphatic rings. The number of methoxy groups -OCH3 is 3. The van der Waals surface area contributed by atoms with Crippen molar-refractivity contribution in [1.29, 1.82) is 0 Å². The Morgan fingerprint density at radius 3 is 0.975 bits per heavy atom. The van der Waals surface area contributed by atoms with E-state index in [9.17, 15) is 34.8 Å². The van der Waals surface area contributed by atoms with Gasteiger partial charge in [0.2, 0.25) is 0 Å². The molecule has 80 heavy (non-hydrogen) atoms. The topological polar surface area (TPSA) is 188 Å². The number of phenols is 4. The van der Waals surface area contributed by atoms with Crippen molar-refractivity contribution in [3.8, 4) is 40.2 Å². The van der Waals surface area contributed by atoms with Crippen LogP contribution in [0.3, 0.4) is 0 Å². The molecule has 0 saturated heterocycles. The molecule has 13 nitrogen and oxygen atoms in total. The second-order valence-corrected chi connectivity index (χ2v) is 20.9. The van der Waals surface area contributed by atoms with Crippen molar-refractivity contribution in [1.82, 2.24) is 0 Å². The SMILES string of the molecule is COC(=O)CCOc1ccc(Cc2cc(C)cc(Cc3ccc(OCCC(=O)OC)c(C(c4cc(C)c(O)cc4C)c4cc(C)c(O)cc4C)c3)c2OCCC(=O)OC)cc1C(c1cc(C)c(O)cc1C)c1cc(C)c(O)cc1C. The monoisotopic (exact) mass is 1090 g/mol. The van der Waals surface area contributed by atoms with Crippen molar-refractivity contribution in [2.75, 3.05) is 41.2 Å². The quantitative estimate of drug-likeness (QED) is 0.0285. The van der Waals surface area contributed by atoms with Gasteiger partial charge in [-0.3, -0.25) is 14.4 Å². The molecule has 420 valence electrons. The van der Waals surface area contributed by atoms with Crippen LogP contribution in [0.5, 0.6) is 40.2 Å². The first-order chi connectivity index (χ1) is 38.1. The Balaban J connectivity index is 1.41. The minimum atomic E-state index is -0.459. The number of carbonyl (C=O) groups excluding carboxylic acids is 3. The van der Waals surface area contributed by atoms with Crippen molar-refractivity contribution in [3.63, 3.8) is 0 Å². The first-order valence-electron chi connectivity index (χ1n) is 26.8. The summed E-state index contributed by atoms with van der Waals surface area (Å²) >= 11 is 0. The molecule has 0 unspecified atom stereocenters. The molecule has 0 heterocycles. The van der Waals surface area contributed by atoms with Crippen molar-refractivity contribution in [2.24, 2.45) is 0 Å². The molecular weight excluding hydrogens is 1010 g/mol. The number of aromatic hydroxyl groups is 4. The smallest absolute Gasteiger partial charge is 0.308 e. The summed E-state index contributed by atoms with van der Waals surface area (Å²) in [6, 6.07) is 31.1. The summed E-state index contributed by atoms with van der Waals surface area (Å²) in [4.78, 5) is 37.4. The summed E-state index contributed by atoms with van der Waals surface area (Å²) < 4.78 is 34.6. The van der Waals surface area contributed by atoms with Crippen molar-refractivity contribution < 1.29 is 63.2 Å².